The van der Waals surface area contributed by atoms with Crippen molar-refractivity contribution in [2.24, 2.45) is 0 Å². The lowest BCUT2D eigenvalue weighted by molar-refractivity contribution is 0.122. The Labute approximate surface area is 170 Å². The average molecular weight is 394 g/mol. The number of piperidine rings is 1. The van der Waals surface area contributed by atoms with Crippen LogP contribution in [-0.4, -0.2) is 56.5 Å². The monoisotopic (exact) mass is 394 g/mol. The van der Waals surface area contributed by atoms with Crippen molar-refractivity contribution < 1.29 is 9.21 Å². The van der Waals surface area contributed by atoms with E-state index < -0.39 is 0 Å². The Balaban J connectivity index is 1.39. The molecule has 1 aliphatic heterocycles. The molecule has 1 fully saturated rings. The standard InChI is InChI=1S/C21H26N6O2/c1-25-9-6-18(7-10-25)27(15-19-3-2-12-29-19)21(28)24-14-17-4-5-20(23-13-17)26-11-8-22-16-26/h2-5,8,11-13,16,18H,6-7,9-10,14-15H2,1H3,(H,24,28). The normalized spacial score (nSPS) is 15.3. The van der Waals surface area contributed by atoms with E-state index in [2.05, 4.69) is 27.2 Å². The summed E-state index contributed by atoms with van der Waals surface area (Å²) in [6, 6.07) is 7.78. The number of hydrogen-bond acceptors (Lipinski definition) is 5. The molecule has 0 aromatic carbocycles. The van der Waals surface area contributed by atoms with Gasteiger partial charge in [0.1, 0.15) is 17.9 Å². The summed E-state index contributed by atoms with van der Waals surface area (Å²) in [7, 11) is 2.12. The minimum atomic E-state index is -0.0744. The summed E-state index contributed by atoms with van der Waals surface area (Å²) < 4.78 is 7.33. The molecule has 0 spiro atoms. The highest BCUT2D eigenvalue weighted by Gasteiger charge is 2.27. The summed E-state index contributed by atoms with van der Waals surface area (Å²) in [5.41, 5.74) is 0.948. The van der Waals surface area contributed by atoms with Crippen LogP contribution in [0, 0.1) is 0 Å². The van der Waals surface area contributed by atoms with Gasteiger partial charge in [-0.25, -0.2) is 14.8 Å². The Morgan fingerprint density at radius 2 is 2.17 bits per heavy atom. The molecule has 8 heteroatoms. The summed E-state index contributed by atoms with van der Waals surface area (Å²) in [6.45, 7) is 2.89. The highest BCUT2D eigenvalue weighted by atomic mass is 16.3. The second kappa shape index (κ2) is 8.91. The quantitative estimate of drug-likeness (QED) is 0.695. The van der Waals surface area contributed by atoms with Gasteiger partial charge in [0.05, 0.1) is 12.8 Å². The highest BCUT2D eigenvalue weighted by molar-refractivity contribution is 5.74. The first kappa shape index (κ1) is 19.2. The van der Waals surface area contributed by atoms with Crippen LogP contribution in [0.15, 0.2) is 59.9 Å². The van der Waals surface area contributed by atoms with Gasteiger partial charge in [-0.05, 0) is 56.7 Å². The average Bonchev–Trinajstić information content (AvgIpc) is 3.46. The largest absolute Gasteiger partial charge is 0.467 e. The number of nitrogens with one attached hydrogen (secondary N) is 1. The van der Waals surface area contributed by atoms with Crippen LogP contribution >= 0.6 is 0 Å². The minimum Gasteiger partial charge on any atom is -0.467 e. The molecule has 152 valence electrons. The van der Waals surface area contributed by atoms with Gasteiger partial charge in [-0.3, -0.25) is 4.57 Å². The third kappa shape index (κ3) is 4.83. The van der Waals surface area contributed by atoms with Crippen LogP contribution in [0.25, 0.3) is 5.82 Å². The molecule has 29 heavy (non-hydrogen) atoms. The molecule has 4 rings (SSSR count). The van der Waals surface area contributed by atoms with Crippen LogP contribution in [0.3, 0.4) is 0 Å². The molecule has 0 unspecified atom stereocenters. The summed E-state index contributed by atoms with van der Waals surface area (Å²) in [5, 5.41) is 3.05. The molecular weight excluding hydrogens is 368 g/mol. The van der Waals surface area contributed by atoms with Crippen LogP contribution < -0.4 is 5.32 Å². The van der Waals surface area contributed by atoms with Crippen LogP contribution in [0.5, 0.6) is 0 Å². The van der Waals surface area contributed by atoms with Crippen LogP contribution in [0.2, 0.25) is 0 Å². The highest BCUT2D eigenvalue weighted by Crippen LogP contribution is 2.19. The number of carbonyl (C=O) groups is 1. The van der Waals surface area contributed by atoms with Gasteiger partial charge in [0.25, 0.3) is 0 Å². The zero-order chi connectivity index (χ0) is 20.1. The lowest BCUT2D eigenvalue weighted by Gasteiger charge is -2.37. The van der Waals surface area contributed by atoms with Gasteiger partial charge in [-0.2, -0.15) is 0 Å². The second-order valence-corrected chi connectivity index (χ2v) is 7.40. The van der Waals surface area contributed by atoms with Crippen molar-refractivity contribution in [3.63, 3.8) is 0 Å². The summed E-state index contributed by atoms with van der Waals surface area (Å²) in [4.78, 5) is 25.7. The first-order valence-electron chi connectivity index (χ1n) is 9.88. The Morgan fingerprint density at radius 1 is 1.31 bits per heavy atom. The van der Waals surface area contributed by atoms with Gasteiger partial charge >= 0.3 is 6.03 Å². The maximum Gasteiger partial charge on any atom is 0.318 e. The predicted molar refractivity (Wildman–Crippen MR) is 108 cm³/mol. The Kier molecular flexibility index (Phi) is 5.90. The van der Waals surface area contributed by atoms with Crippen molar-refractivity contribution in [1.82, 2.24) is 29.7 Å². The molecule has 0 bridgehead atoms. The molecule has 1 saturated heterocycles. The van der Waals surface area contributed by atoms with Crippen molar-refractivity contribution in [2.75, 3.05) is 20.1 Å². The Morgan fingerprint density at radius 3 is 2.83 bits per heavy atom. The van der Waals surface area contributed by atoms with E-state index >= 15 is 0 Å². The number of nitrogens with zero attached hydrogens (tertiary/aromatic N) is 5. The maximum absolute atomic E-state index is 13.0. The van der Waals surface area contributed by atoms with Crippen molar-refractivity contribution in [2.45, 2.75) is 32.0 Å². The van der Waals surface area contributed by atoms with Crippen LogP contribution in [0.4, 0.5) is 4.79 Å². The van der Waals surface area contributed by atoms with E-state index in [1.807, 2.05) is 39.9 Å². The smallest absolute Gasteiger partial charge is 0.318 e. The van der Waals surface area contributed by atoms with Gasteiger partial charge in [0, 0.05) is 31.2 Å². The molecule has 0 aliphatic carbocycles. The summed E-state index contributed by atoms with van der Waals surface area (Å²) in [5.74, 6) is 1.59. The number of aromatic nitrogens is 3. The first-order chi connectivity index (χ1) is 14.2. The third-order valence-electron chi connectivity index (χ3n) is 5.32. The number of likely N-dealkylation sites (tertiary alicyclic amines) is 1. The molecule has 0 saturated carbocycles. The van der Waals surface area contributed by atoms with E-state index in [1.165, 1.54) is 0 Å². The number of imidazole rings is 1. The molecule has 0 atom stereocenters. The SMILES string of the molecule is CN1CCC(N(Cc2ccco2)C(=O)NCc2ccc(-n3ccnc3)nc2)CC1. The predicted octanol–water partition coefficient (Wildman–Crippen LogP) is 2.67. The lowest BCUT2D eigenvalue weighted by Crippen LogP contribution is -2.49. The molecule has 2 amide bonds. The zero-order valence-electron chi connectivity index (χ0n) is 16.6. The molecule has 3 aromatic rings. The van der Waals surface area contributed by atoms with Crippen LogP contribution in [0.1, 0.15) is 24.2 Å². The van der Waals surface area contributed by atoms with Crippen molar-refractivity contribution in [3.05, 3.63) is 66.8 Å². The summed E-state index contributed by atoms with van der Waals surface area (Å²) >= 11 is 0. The molecule has 0 radical (unpaired) electrons. The fourth-order valence-corrected chi connectivity index (χ4v) is 3.59. The molecule has 1 aliphatic rings. The van der Waals surface area contributed by atoms with E-state index in [0.29, 0.717) is 13.1 Å². The Bertz CT molecular complexity index is 884. The van der Waals surface area contributed by atoms with E-state index in [9.17, 15) is 4.79 Å². The van der Waals surface area contributed by atoms with E-state index in [-0.39, 0.29) is 12.1 Å². The number of carbonyl (C=O) groups excluding carboxylic acids is 1. The number of furan rings is 1. The van der Waals surface area contributed by atoms with Crippen molar-refractivity contribution in [1.29, 1.82) is 0 Å². The van der Waals surface area contributed by atoms with Gasteiger partial charge in [-0.15, -0.1) is 0 Å². The topological polar surface area (TPSA) is 79.4 Å². The number of urea groups is 1. The number of pyridine rings is 1. The van der Waals surface area contributed by atoms with Gasteiger partial charge in [-0.1, -0.05) is 6.07 Å². The summed E-state index contributed by atoms with van der Waals surface area (Å²) in [6.07, 6.45) is 10.6. The van der Waals surface area contributed by atoms with Crippen molar-refractivity contribution in [3.8, 4) is 5.82 Å². The fourth-order valence-electron chi connectivity index (χ4n) is 3.59. The Hall–Kier alpha value is -3.13. The minimum absolute atomic E-state index is 0.0744. The third-order valence-corrected chi connectivity index (χ3v) is 5.32. The van der Waals surface area contributed by atoms with E-state index in [4.69, 9.17) is 4.42 Å². The molecule has 1 N–H and O–H groups in total. The maximum atomic E-state index is 13.0. The van der Waals surface area contributed by atoms with E-state index in [0.717, 1.165) is 43.1 Å². The van der Waals surface area contributed by atoms with Crippen LogP contribution in [-0.2, 0) is 13.1 Å². The fraction of sp³-hybridized carbons (Fsp3) is 0.381. The number of rotatable bonds is 6. The zero-order valence-corrected chi connectivity index (χ0v) is 16.6. The van der Waals surface area contributed by atoms with Gasteiger partial charge in [0.2, 0.25) is 0 Å². The number of amides is 2. The second-order valence-electron chi connectivity index (χ2n) is 7.40. The molecule has 3 aromatic heterocycles. The number of hydrogen-bond donors (Lipinski definition) is 1. The van der Waals surface area contributed by atoms with Gasteiger partial charge < -0.3 is 19.5 Å². The molecule has 4 heterocycles. The first-order valence-corrected chi connectivity index (χ1v) is 9.88. The molecule has 8 nitrogen and oxygen atoms in total. The molecular formula is C21H26N6O2. The van der Waals surface area contributed by atoms with E-state index in [1.54, 1.807) is 25.0 Å². The van der Waals surface area contributed by atoms with Gasteiger partial charge in [0.15, 0.2) is 0 Å². The van der Waals surface area contributed by atoms with Crippen molar-refractivity contribution >= 4 is 6.03 Å². The lowest BCUT2D eigenvalue weighted by atomic mass is 10.0.